The molecule has 0 N–H and O–H groups in total. The number of thiophene rings is 3. The zero-order valence-corrected chi connectivity index (χ0v) is 17.3. The molecule has 0 unspecified atom stereocenters. The second-order valence-corrected chi connectivity index (χ2v) is 9.23. The molecule has 0 aliphatic heterocycles. The van der Waals surface area contributed by atoms with E-state index in [0.29, 0.717) is 0 Å². The van der Waals surface area contributed by atoms with Crippen LogP contribution in [-0.2, 0) is 19.3 Å². The quantitative estimate of drug-likeness (QED) is 0.374. The number of hydrogen-bond donors (Lipinski definition) is 0. The van der Waals surface area contributed by atoms with Crippen LogP contribution < -0.4 is 0 Å². The van der Waals surface area contributed by atoms with Crippen molar-refractivity contribution < 1.29 is 0 Å². The third kappa shape index (κ3) is 4.01. The van der Waals surface area contributed by atoms with Gasteiger partial charge in [0.2, 0.25) is 0 Å². The van der Waals surface area contributed by atoms with Crippen molar-refractivity contribution in [2.45, 2.75) is 59.3 Å². The van der Waals surface area contributed by atoms with Gasteiger partial charge in [-0.3, -0.25) is 0 Å². The number of aryl methyl sites for hydroxylation is 3. The summed E-state index contributed by atoms with van der Waals surface area (Å²) in [5, 5.41) is 4.68. The Balaban J connectivity index is 1.94. The van der Waals surface area contributed by atoms with E-state index < -0.39 is 0 Å². The fourth-order valence-electron chi connectivity index (χ4n) is 3.05. The Kier molecular flexibility index (Phi) is 6.31. The maximum atomic E-state index is 2.45. The standard InChI is InChI=1S/C21H26S3/c1-4-7-15-10-18(22-13-15)19-12-17(9-6-3)21(24-19)20-11-16(8-5-2)14-23-20/h10-14H,4-9H2,1-3H3. The highest BCUT2D eigenvalue weighted by Gasteiger charge is 2.15. The van der Waals surface area contributed by atoms with Crippen LogP contribution in [0.25, 0.3) is 19.5 Å². The van der Waals surface area contributed by atoms with Crippen LogP contribution in [0.15, 0.2) is 29.0 Å². The van der Waals surface area contributed by atoms with Crippen LogP contribution in [0, 0.1) is 0 Å². The summed E-state index contributed by atoms with van der Waals surface area (Å²) < 4.78 is 0. The Morgan fingerprint density at radius 3 is 1.88 bits per heavy atom. The molecule has 128 valence electrons. The summed E-state index contributed by atoms with van der Waals surface area (Å²) >= 11 is 5.81. The van der Waals surface area contributed by atoms with Gasteiger partial charge < -0.3 is 0 Å². The molecule has 3 aromatic rings. The first-order valence-corrected chi connectivity index (χ1v) is 11.6. The third-order valence-electron chi connectivity index (χ3n) is 4.18. The molecule has 3 aromatic heterocycles. The molecule has 0 nitrogen and oxygen atoms in total. The minimum Gasteiger partial charge on any atom is -0.143 e. The van der Waals surface area contributed by atoms with Gasteiger partial charge in [0.15, 0.2) is 0 Å². The van der Waals surface area contributed by atoms with Gasteiger partial charge in [-0.2, -0.15) is 0 Å². The van der Waals surface area contributed by atoms with Crippen molar-refractivity contribution in [1.29, 1.82) is 0 Å². The highest BCUT2D eigenvalue weighted by Crippen LogP contribution is 2.43. The zero-order valence-electron chi connectivity index (χ0n) is 14.9. The lowest BCUT2D eigenvalue weighted by molar-refractivity contribution is 0.925. The van der Waals surface area contributed by atoms with E-state index in [1.54, 1.807) is 0 Å². The Morgan fingerprint density at radius 2 is 1.25 bits per heavy atom. The van der Waals surface area contributed by atoms with Crippen molar-refractivity contribution in [3.8, 4) is 19.5 Å². The van der Waals surface area contributed by atoms with E-state index in [4.69, 9.17) is 0 Å². The number of rotatable bonds is 8. The molecule has 3 rings (SSSR count). The summed E-state index contributed by atoms with van der Waals surface area (Å²) in [6.07, 6.45) is 7.23. The van der Waals surface area contributed by atoms with Gasteiger partial charge in [-0.15, -0.1) is 34.0 Å². The first-order chi connectivity index (χ1) is 11.7. The van der Waals surface area contributed by atoms with E-state index in [1.807, 2.05) is 34.0 Å². The van der Waals surface area contributed by atoms with Gasteiger partial charge >= 0.3 is 0 Å². The lowest BCUT2D eigenvalue weighted by Gasteiger charge is -1.98. The predicted octanol–water partition coefficient (Wildman–Crippen LogP) is 8.06. The molecule has 0 aliphatic carbocycles. The van der Waals surface area contributed by atoms with Crippen molar-refractivity contribution in [2.75, 3.05) is 0 Å². The summed E-state index contributed by atoms with van der Waals surface area (Å²) in [6, 6.07) is 7.26. The van der Waals surface area contributed by atoms with Crippen molar-refractivity contribution in [3.63, 3.8) is 0 Å². The van der Waals surface area contributed by atoms with Gasteiger partial charge in [0, 0.05) is 19.5 Å². The zero-order chi connectivity index (χ0) is 16.9. The molecular weight excluding hydrogens is 348 g/mol. The topological polar surface area (TPSA) is 0 Å². The molecule has 0 bridgehead atoms. The molecular formula is C21H26S3. The maximum absolute atomic E-state index is 2.45. The van der Waals surface area contributed by atoms with Crippen molar-refractivity contribution >= 4 is 34.0 Å². The van der Waals surface area contributed by atoms with Crippen LogP contribution in [0.2, 0.25) is 0 Å². The van der Waals surface area contributed by atoms with Crippen molar-refractivity contribution in [2.24, 2.45) is 0 Å². The normalized spacial score (nSPS) is 11.3. The fourth-order valence-corrected chi connectivity index (χ4v) is 6.40. The predicted molar refractivity (Wildman–Crippen MR) is 113 cm³/mol. The lowest BCUT2D eigenvalue weighted by Crippen LogP contribution is -1.81. The molecule has 0 amide bonds. The monoisotopic (exact) mass is 374 g/mol. The van der Waals surface area contributed by atoms with Crippen molar-refractivity contribution in [1.82, 2.24) is 0 Å². The molecule has 24 heavy (non-hydrogen) atoms. The molecule has 0 atom stereocenters. The Labute approximate surface area is 158 Å². The van der Waals surface area contributed by atoms with Crippen molar-refractivity contribution in [3.05, 3.63) is 45.6 Å². The number of hydrogen-bond acceptors (Lipinski definition) is 3. The summed E-state index contributed by atoms with van der Waals surface area (Å²) in [4.78, 5) is 5.86. The summed E-state index contributed by atoms with van der Waals surface area (Å²) in [7, 11) is 0. The average molecular weight is 375 g/mol. The largest absolute Gasteiger partial charge is 0.143 e. The molecule has 0 spiro atoms. The highest BCUT2D eigenvalue weighted by molar-refractivity contribution is 7.26. The van der Waals surface area contributed by atoms with E-state index >= 15 is 0 Å². The molecule has 0 saturated carbocycles. The molecule has 3 heteroatoms. The van der Waals surface area contributed by atoms with E-state index in [-0.39, 0.29) is 0 Å². The van der Waals surface area contributed by atoms with Gasteiger partial charge in [0.25, 0.3) is 0 Å². The van der Waals surface area contributed by atoms with Crippen LogP contribution in [0.1, 0.15) is 56.7 Å². The van der Waals surface area contributed by atoms with Crippen LogP contribution in [-0.4, -0.2) is 0 Å². The SMILES string of the molecule is CCCc1csc(-c2cc(CCC)c(-c3cc(CCC)cs3)s2)c1. The van der Waals surface area contributed by atoms with Gasteiger partial charge in [-0.1, -0.05) is 40.0 Å². The second kappa shape index (κ2) is 8.46. The minimum atomic E-state index is 1.18. The lowest BCUT2D eigenvalue weighted by atomic mass is 10.1. The van der Waals surface area contributed by atoms with E-state index in [1.165, 1.54) is 74.7 Å². The summed E-state index contributed by atoms with van der Waals surface area (Å²) in [6.45, 7) is 6.79. The van der Waals surface area contributed by atoms with E-state index in [0.717, 1.165) is 0 Å². The van der Waals surface area contributed by atoms with E-state index in [2.05, 4.69) is 49.7 Å². The van der Waals surface area contributed by atoms with Crippen LogP contribution in [0.3, 0.4) is 0 Å². The Morgan fingerprint density at radius 1 is 0.667 bits per heavy atom. The van der Waals surface area contributed by atoms with Crippen LogP contribution in [0.5, 0.6) is 0 Å². The molecule has 0 aromatic carbocycles. The highest BCUT2D eigenvalue weighted by atomic mass is 32.1. The summed E-state index contributed by atoms with van der Waals surface area (Å²) in [5.74, 6) is 0. The van der Waals surface area contributed by atoms with Gasteiger partial charge in [0.1, 0.15) is 0 Å². The van der Waals surface area contributed by atoms with Crippen LogP contribution in [0.4, 0.5) is 0 Å². The first kappa shape index (κ1) is 17.9. The second-order valence-electron chi connectivity index (χ2n) is 6.35. The van der Waals surface area contributed by atoms with Gasteiger partial charge in [-0.05, 0) is 64.9 Å². The van der Waals surface area contributed by atoms with Gasteiger partial charge in [0.05, 0.1) is 0 Å². The Hall–Kier alpha value is -0.900. The fraction of sp³-hybridized carbons (Fsp3) is 0.429. The molecule has 0 saturated heterocycles. The molecule has 0 aliphatic rings. The first-order valence-electron chi connectivity index (χ1n) is 9.03. The molecule has 0 radical (unpaired) electrons. The van der Waals surface area contributed by atoms with Gasteiger partial charge in [-0.25, -0.2) is 0 Å². The molecule has 3 heterocycles. The summed E-state index contributed by atoms with van der Waals surface area (Å²) in [5.41, 5.74) is 4.52. The average Bonchev–Trinajstić information content (AvgIpc) is 3.27. The van der Waals surface area contributed by atoms with Crippen LogP contribution >= 0.6 is 34.0 Å². The maximum Gasteiger partial charge on any atom is 0.0481 e. The molecule has 0 fully saturated rings. The smallest absolute Gasteiger partial charge is 0.0481 e. The minimum absolute atomic E-state index is 1.18. The Bertz CT molecular complexity index is 773. The van der Waals surface area contributed by atoms with E-state index in [9.17, 15) is 0 Å². The third-order valence-corrected chi connectivity index (χ3v) is 7.69.